The van der Waals surface area contributed by atoms with E-state index in [1.54, 1.807) is 19.2 Å². The fourth-order valence-corrected chi connectivity index (χ4v) is 3.25. The maximum atomic E-state index is 10.7. The first kappa shape index (κ1) is 19.7. The highest BCUT2D eigenvalue weighted by atomic mass is 79.9. The molecule has 28 heavy (non-hydrogen) atoms. The zero-order valence-electron chi connectivity index (χ0n) is 15.2. The highest BCUT2D eigenvalue weighted by molar-refractivity contribution is 9.10. The first-order valence-corrected chi connectivity index (χ1v) is 9.37. The van der Waals surface area contributed by atoms with Gasteiger partial charge in [-0.2, -0.15) is 0 Å². The SMILES string of the molecule is COc1cc(CNc2ccccc2)cc(Br)c1OCc1ccc([N+](=O)[O-])cc1. The van der Waals surface area contributed by atoms with Crippen molar-refractivity contribution < 1.29 is 14.4 Å². The summed E-state index contributed by atoms with van der Waals surface area (Å²) in [5.74, 6) is 1.20. The number of nitro groups is 1. The Labute approximate surface area is 171 Å². The summed E-state index contributed by atoms with van der Waals surface area (Å²) in [5.41, 5.74) is 2.96. The van der Waals surface area contributed by atoms with E-state index in [0.29, 0.717) is 18.0 Å². The highest BCUT2D eigenvalue weighted by Gasteiger charge is 2.13. The molecule has 1 N–H and O–H groups in total. The molecule has 0 radical (unpaired) electrons. The van der Waals surface area contributed by atoms with Gasteiger partial charge in [0.2, 0.25) is 0 Å². The van der Waals surface area contributed by atoms with Crippen LogP contribution < -0.4 is 14.8 Å². The Hall–Kier alpha value is -3.06. The van der Waals surface area contributed by atoms with Gasteiger partial charge in [-0.25, -0.2) is 0 Å². The minimum Gasteiger partial charge on any atom is -0.493 e. The Morgan fingerprint density at radius 2 is 1.75 bits per heavy atom. The fraction of sp³-hybridized carbons (Fsp3) is 0.143. The smallest absolute Gasteiger partial charge is 0.269 e. The minimum atomic E-state index is -0.424. The molecule has 0 saturated carbocycles. The third kappa shape index (κ3) is 5.01. The van der Waals surface area contributed by atoms with E-state index in [9.17, 15) is 10.1 Å². The zero-order chi connectivity index (χ0) is 19.9. The maximum Gasteiger partial charge on any atom is 0.269 e. The normalized spacial score (nSPS) is 10.4. The Morgan fingerprint density at radius 3 is 2.39 bits per heavy atom. The van der Waals surface area contributed by atoms with Crippen molar-refractivity contribution in [3.05, 3.63) is 92.4 Å². The van der Waals surface area contributed by atoms with Crippen molar-refractivity contribution in [3.8, 4) is 11.5 Å². The number of para-hydroxylation sites is 1. The maximum absolute atomic E-state index is 10.7. The topological polar surface area (TPSA) is 73.6 Å². The number of halogens is 1. The molecule has 0 unspecified atom stereocenters. The number of anilines is 1. The molecule has 3 aromatic carbocycles. The van der Waals surface area contributed by atoms with Crippen LogP contribution in [0, 0.1) is 10.1 Å². The molecule has 0 heterocycles. The molecule has 7 heteroatoms. The van der Waals surface area contributed by atoms with Gasteiger partial charge in [0.25, 0.3) is 5.69 Å². The molecule has 0 aliphatic heterocycles. The van der Waals surface area contributed by atoms with Crippen LogP contribution in [0.25, 0.3) is 0 Å². The highest BCUT2D eigenvalue weighted by Crippen LogP contribution is 2.37. The molecular formula is C21H19BrN2O4. The quantitative estimate of drug-likeness (QED) is 0.365. The summed E-state index contributed by atoms with van der Waals surface area (Å²) in [6.45, 7) is 0.913. The van der Waals surface area contributed by atoms with E-state index in [4.69, 9.17) is 9.47 Å². The first-order chi connectivity index (χ1) is 13.6. The molecule has 144 valence electrons. The molecular weight excluding hydrogens is 424 g/mol. The summed E-state index contributed by atoms with van der Waals surface area (Å²) in [7, 11) is 1.59. The third-order valence-electron chi connectivity index (χ3n) is 4.09. The van der Waals surface area contributed by atoms with Crippen molar-refractivity contribution in [1.82, 2.24) is 0 Å². The van der Waals surface area contributed by atoms with Crippen molar-refractivity contribution in [2.75, 3.05) is 12.4 Å². The van der Waals surface area contributed by atoms with Crippen LogP contribution in [-0.4, -0.2) is 12.0 Å². The van der Waals surface area contributed by atoms with E-state index in [0.717, 1.165) is 21.3 Å². The molecule has 0 aliphatic rings. The van der Waals surface area contributed by atoms with Gasteiger partial charge in [-0.05, 0) is 63.5 Å². The van der Waals surface area contributed by atoms with Gasteiger partial charge >= 0.3 is 0 Å². The molecule has 0 saturated heterocycles. The van der Waals surface area contributed by atoms with Gasteiger partial charge < -0.3 is 14.8 Å². The molecule has 0 aliphatic carbocycles. The van der Waals surface area contributed by atoms with Crippen LogP contribution in [0.2, 0.25) is 0 Å². The molecule has 6 nitrogen and oxygen atoms in total. The van der Waals surface area contributed by atoms with E-state index in [1.165, 1.54) is 12.1 Å². The van der Waals surface area contributed by atoms with Crippen LogP contribution in [0.3, 0.4) is 0 Å². The summed E-state index contributed by atoms with van der Waals surface area (Å²) in [5, 5.41) is 14.1. The summed E-state index contributed by atoms with van der Waals surface area (Å²) >= 11 is 3.55. The molecule has 0 amide bonds. The number of non-ortho nitro benzene ring substituents is 1. The second-order valence-electron chi connectivity index (χ2n) is 6.04. The standard InChI is InChI=1S/C21H19BrN2O4/c1-27-20-12-16(13-23-17-5-3-2-4-6-17)11-19(22)21(20)28-14-15-7-9-18(10-8-15)24(25)26/h2-12,23H,13-14H2,1H3. The number of nitrogens with zero attached hydrogens (tertiary/aromatic N) is 1. The van der Waals surface area contributed by atoms with Crippen LogP contribution in [-0.2, 0) is 13.2 Å². The minimum absolute atomic E-state index is 0.0535. The van der Waals surface area contributed by atoms with Gasteiger partial charge in [0.05, 0.1) is 16.5 Å². The number of methoxy groups -OCH3 is 1. The van der Waals surface area contributed by atoms with E-state index in [2.05, 4.69) is 21.2 Å². The Bertz CT molecular complexity index is 947. The molecule has 0 fully saturated rings. The average molecular weight is 443 g/mol. The van der Waals surface area contributed by atoms with Crippen molar-refractivity contribution in [2.24, 2.45) is 0 Å². The molecule has 0 aromatic heterocycles. The fourth-order valence-electron chi connectivity index (χ4n) is 2.64. The lowest BCUT2D eigenvalue weighted by Gasteiger charge is -2.15. The van der Waals surface area contributed by atoms with E-state index < -0.39 is 4.92 Å². The number of benzene rings is 3. The number of rotatable bonds is 8. The van der Waals surface area contributed by atoms with Crippen LogP contribution in [0.4, 0.5) is 11.4 Å². The van der Waals surface area contributed by atoms with E-state index in [-0.39, 0.29) is 12.3 Å². The number of hydrogen-bond acceptors (Lipinski definition) is 5. The first-order valence-electron chi connectivity index (χ1n) is 8.58. The lowest BCUT2D eigenvalue weighted by atomic mass is 10.2. The lowest BCUT2D eigenvalue weighted by molar-refractivity contribution is -0.384. The van der Waals surface area contributed by atoms with Crippen LogP contribution in [0.15, 0.2) is 71.2 Å². The molecule has 0 atom stereocenters. The van der Waals surface area contributed by atoms with Crippen molar-refractivity contribution >= 4 is 27.3 Å². The largest absolute Gasteiger partial charge is 0.493 e. The summed E-state index contributed by atoms with van der Waals surface area (Å²) in [6.07, 6.45) is 0. The lowest BCUT2D eigenvalue weighted by Crippen LogP contribution is -2.03. The zero-order valence-corrected chi connectivity index (χ0v) is 16.8. The monoisotopic (exact) mass is 442 g/mol. The predicted octanol–water partition coefficient (Wildman–Crippen LogP) is 5.56. The van der Waals surface area contributed by atoms with Crippen molar-refractivity contribution in [2.45, 2.75) is 13.2 Å². The molecule has 3 aromatic rings. The van der Waals surface area contributed by atoms with E-state index in [1.807, 2.05) is 42.5 Å². The number of nitrogens with one attached hydrogen (secondary N) is 1. The van der Waals surface area contributed by atoms with Crippen molar-refractivity contribution in [1.29, 1.82) is 0 Å². The number of hydrogen-bond donors (Lipinski definition) is 1. The third-order valence-corrected chi connectivity index (χ3v) is 4.68. The summed E-state index contributed by atoms with van der Waals surface area (Å²) < 4.78 is 12.2. The van der Waals surface area contributed by atoms with Gasteiger partial charge in [0.15, 0.2) is 11.5 Å². The van der Waals surface area contributed by atoms with Gasteiger partial charge in [-0.15, -0.1) is 0 Å². The summed E-state index contributed by atoms with van der Waals surface area (Å²) in [6, 6.07) is 20.1. The van der Waals surface area contributed by atoms with Crippen LogP contribution in [0.5, 0.6) is 11.5 Å². The second kappa shape index (κ2) is 9.23. The Morgan fingerprint density at radius 1 is 1.04 bits per heavy atom. The van der Waals surface area contributed by atoms with E-state index >= 15 is 0 Å². The Balaban J connectivity index is 1.69. The summed E-state index contributed by atoms with van der Waals surface area (Å²) in [4.78, 5) is 10.3. The van der Waals surface area contributed by atoms with Crippen molar-refractivity contribution in [3.63, 3.8) is 0 Å². The number of nitro benzene ring substituents is 1. The molecule has 3 rings (SSSR count). The van der Waals surface area contributed by atoms with Gasteiger partial charge in [0, 0.05) is 24.4 Å². The van der Waals surface area contributed by atoms with Gasteiger partial charge in [-0.1, -0.05) is 18.2 Å². The van der Waals surface area contributed by atoms with Gasteiger partial charge in [-0.3, -0.25) is 10.1 Å². The molecule has 0 spiro atoms. The predicted molar refractivity (Wildman–Crippen MR) is 112 cm³/mol. The Kier molecular flexibility index (Phi) is 6.49. The molecule has 0 bridgehead atoms. The van der Waals surface area contributed by atoms with Gasteiger partial charge in [0.1, 0.15) is 6.61 Å². The van der Waals surface area contributed by atoms with Crippen LogP contribution >= 0.6 is 15.9 Å². The van der Waals surface area contributed by atoms with Crippen LogP contribution in [0.1, 0.15) is 11.1 Å². The average Bonchev–Trinajstić information content (AvgIpc) is 2.72. The second-order valence-corrected chi connectivity index (χ2v) is 6.90. The number of ether oxygens (including phenoxy) is 2.